The van der Waals surface area contributed by atoms with E-state index in [-0.39, 0.29) is 35.3 Å². The lowest BCUT2D eigenvalue weighted by Gasteiger charge is -2.05. The van der Waals surface area contributed by atoms with E-state index in [9.17, 15) is 19.2 Å². The molecule has 24 heavy (non-hydrogen) atoms. The molecule has 5 nitrogen and oxygen atoms in total. The van der Waals surface area contributed by atoms with Gasteiger partial charge in [-0.2, -0.15) is 5.26 Å². The summed E-state index contributed by atoms with van der Waals surface area (Å²) >= 11 is 1.08. The summed E-state index contributed by atoms with van der Waals surface area (Å²) in [7, 11) is 0. The van der Waals surface area contributed by atoms with Gasteiger partial charge in [-0.05, 0) is 31.0 Å². The standard InChI is InChI=1S/C17H15FN2O3S/c1-2-23-17(22)14-10-24-16(20-14)13(9-19)15(21)8-5-11-3-6-12(18)7-4-11/h3-4,6-7,10,13H,2,5,8H2,1H3. The summed E-state index contributed by atoms with van der Waals surface area (Å²) in [6, 6.07) is 7.80. The van der Waals surface area contributed by atoms with Crippen LogP contribution in [0.1, 0.15) is 40.3 Å². The largest absolute Gasteiger partial charge is 0.461 e. The second-order valence-corrected chi connectivity index (χ2v) is 5.84. The molecule has 0 aliphatic heterocycles. The van der Waals surface area contributed by atoms with Gasteiger partial charge in [-0.1, -0.05) is 12.1 Å². The molecular weight excluding hydrogens is 331 g/mol. The Morgan fingerprint density at radius 1 is 1.38 bits per heavy atom. The number of carbonyl (C=O) groups is 2. The van der Waals surface area contributed by atoms with Gasteiger partial charge in [0, 0.05) is 11.8 Å². The maximum absolute atomic E-state index is 12.9. The minimum Gasteiger partial charge on any atom is -0.461 e. The molecular formula is C17H15FN2O3S. The Morgan fingerprint density at radius 2 is 2.08 bits per heavy atom. The molecule has 0 saturated carbocycles. The Morgan fingerprint density at radius 3 is 2.71 bits per heavy atom. The van der Waals surface area contributed by atoms with Crippen molar-refractivity contribution in [2.24, 2.45) is 0 Å². The van der Waals surface area contributed by atoms with E-state index in [1.807, 2.05) is 6.07 Å². The number of benzene rings is 1. The van der Waals surface area contributed by atoms with E-state index in [2.05, 4.69) is 4.98 Å². The number of rotatable bonds is 7. The molecule has 0 aliphatic carbocycles. The van der Waals surface area contributed by atoms with Crippen LogP contribution in [0.4, 0.5) is 4.39 Å². The number of carbonyl (C=O) groups excluding carboxylic acids is 2. The van der Waals surface area contributed by atoms with Crippen molar-refractivity contribution in [2.45, 2.75) is 25.7 Å². The van der Waals surface area contributed by atoms with Crippen molar-refractivity contribution < 1.29 is 18.7 Å². The molecule has 0 saturated heterocycles. The smallest absolute Gasteiger partial charge is 0.357 e. The van der Waals surface area contributed by atoms with Crippen molar-refractivity contribution in [2.75, 3.05) is 6.61 Å². The first-order valence-corrected chi connectivity index (χ1v) is 8.22. The molecule has 0 bridgehead atoms. The minimum atomic E-state index is -1.02. The molecule has 2 aromatic rings. The van der Waals surface area contributed by atoms with Crippen LogP contribution in [0, 0.1) is 17.1 Å². The predicted molar refractivity (Wildman–Crippen MR) is 86.2 cm³/mol. The van der Waals surface area contributed by atoms with Crippen LogP contribution in [0.2, 0.25) is 0 Å². The molecule has 0 spiro atoms. The number of Topliss-reactive ketones (excluding diaryl/α,β-unsaturated/α-hetero) is 1. The van der Waals surface area contributed by atoms with Gasteiger partial charge in [0.25, 0.3) is 0 Å². The van der Waals surface area contributed by atoms with Gasteiger partial charge in [0.2, 0.25) is 0 Å². The molecule has 0 fully saturated rings. The predicted octanol–water partition coefficient (Wildman–Crippen LogP) is 3.27. The summed E-state index contributed by atoms with van der Waals surface area (Å²) in [5.41, 5.74) is 0.913. The molecule has 1 heterocycles. The zero-order chi connectivity index (χ0) is 17.5. The number of nitrogens with zero attached hydrogens (tertiary/aromatic N) is 2. The summed E-state index contributed by atoms with van der Waals surface area (Å²) in [5.74, 6) is -2.21. The molecule has 0 amide bonds. The zero-order valence-corrected chi connectivity index (χ0v) is 13.8. The van der Waals surface area contributed by atoms with E-state index in [1.54, 1.807) is 19.1 Å². The summed E-state index contributed by atoms with van der Waals surface area (Å²) in [4.78, 5) is 27.9. The van der Waals surface area contributed by atoms with E-state index in [1.165, 1.54) is 17.5 Å². The normalized spacial score (nSPS) is 11.5. The number of ether oxygens (including phenoxy) is 1. The fourth-order valence-electron chi connectivity index (χ4n) is 2.05. The third kappa shape index (κ3) is 4.46. The number of thiazole rings is 1. The van der Waals surface area contributed by atoms with E-state index < -0.39 is 11.9 Å². The van der Waals surface area contributed by atoms with E-state index in [0.717, 1.165) is 16.9 Å². The highest BCUT2D eigenvalue weighted by atomic mass is 32.1. The first-order valence-electron chi connectivity index (χ1n) is 7.34. The van der Waals surface area contributed by atoms with Gasteiger partial charge in [0.15, 0.2) is 17.4 Å². The first kappa shape index (κ1) is 17.8. The van der Waals surface area contributed by atoms with Gasteiger partial charge in [0.1, 0.15) is 10.8 Å². The lowest BCUT2D eigenvalue weighted by Crippen LogP contribution is -2.12. The number of halogens is 1. The highest BCUT2D eigenvalue weighted by molar-refractivity contribution is 7.10. The number of nitriles is 1. The van der Waals surface area contributed by atoms with Gasteiger partial charge in [-0.15, -0.1) is 11.3 Å². The summed E-state index contributed by atoms with van der Waals surface area (Å²) < 4.78 is 17.7. The number of aryl methyl sites for hydroxylation is 1. The third-order valence-corrected chi connectivity index (χ3v) is 4.19. The van der Waals surface area contributed by atoms with Crippen molar-refractivity contribution in [3.05, 3.63) is 51.7 Å². The summed E-state index contributed by atoms with van der Waals surface area (Å²) in [5, 5.41) is 11.0. The molecule has 1 aromatic heterocycles. The van der Waals surface area contributed by atoms with Crippen molar-refractivity contribution in [1.82, 2.24) is 4.98 Å². The Hall–Kier alpha value is -2.59. The first-order chi connectivity index (χ1) is 11.5. The molecule has 1 unspecified atom stereocenters. The Balaban J connectivity index is 2.02. The molecule has 7 heteroatoms. The number of ketones is 1. The van der Waals surface area contributed by atoms with Crippen molar-refractivity contribution in [3.63, 3.8) is 0 Å². The van der Waals surface area contributed by atoms with Crippen LogP contribution in [0.3, 0.4) is 0 Å². The van der Waals surface area contributed by atoms with Crippen LogP contribution in [-0.2, 0) is 16.0 Å². The molecule has 0 radical (unpaired) electrons. The molecule has 2 rings (SSSR count). The molecule has 0 aliphatic rings. The Kier molecular flexibility index (Phi) is 6.15. The zero-order valence-electron chi connectivity index (χ0n) is 13.0. The van der Waals surface area contributed by atoms with E-state index in [4.69, 9.17) is 4.74 Å². The SMILES string of the molecule is CCOC(=O)c1csc(C(C#N)C(=O)CCc2ccc(F)cc2)n1. The molecule has 1 aromatic carbocycles. The monoisotopic (exact) mass is 346 g/mol. The number of hydrogen-bond acceptors (Lipinski definition) is 6. The minimum absolute atomic E-state index is 0.100. The van der Waals surface area contributed by atoms with Gasteiger partial charge in [-0.25, -0.2) is 14.2 Å². The van der Waals surface area contributed by atoms with Gasteiger partial charge >= 0.3 is 5.97 Å². The van der Waals surface area contributed by atoms with Crippen molar-refractivity contribution >= 4 is 23.1 Å². The highest BCUT2D eigenvalue weighted by Gasteiger charge is 2.24. The lowest BCUT2D eigenvalue weighted by molar-refractivity contribution is -0.119. The van der Waals surface area contributed by atoms with Gasteiger partial charge in [-0.3, -0.25) is 4.79 Å². The fourth-order valence-corrected chi connectivity index (χ4v) is 2.90. The third-order valence-electron chi connectivity index (χ3n) is 3.28. The second kappa shape index (κ2) is 8.31. The van der Waals surface area contributed by atoms with Crippen molar-refractivity contribution in [1.29, 1.82) is 5.26 Å². The molecule has 1 atom stereocenters. The van der Waals surface area contributed by atoms with E-state index in [0.29, 0.717) is 6.42 Å². The van der Waals surface area contributed by atoms with E-state index >= 15 is 0 Å². The topological polar surface area (TPSA) is 80.0 Å². The second-order valence-electron chi connectivity index (χ2n) is 4.95. The van der Waals surface area contributed by atoms with Crippen molar-refractivity contribution in [3.8, 4) is 6.07 Å². The van der Waals surface area contributed by atoms with Crippen LogP contribution in [0.15, 0.2) is 29.6 Å². The maximum Gasteiger partial charge on any atom is 0.357 e. The van der Waals surface area contributed by atoms with Crippen LogP contribution >= 0.6 is 11.3 Å². The Bertz CT molecular complexity index is 765. The average molecular weight is 346 g/mol. The van der Waals surface area contributed by atoms with Crippen LogP contribution in [0.5, 0.6) is 0 Å². The highest BCUT2D eigenvalue weighted by Crippen LogP contribution is 2.23. The van der Waals surface area contributed by atoms with Crippen LogP contribution < -0.4 is 0 Å². The van der Waals surface area contributed by atoms with Gasteiger partial charge in [0.05, 0.1) is 12.7 Å². The van der Waals surface area contributed by atoms with Gasteiger partial charge < -0.3 is 4.74 Å². The summed E-state index contributed by atoms with van der Waals surface area (Å²) in [6.45, 7) is 1.91. The summed E-state index contributed by atoms with van der Waals surface area (Å²) in [6.07, 6.45) is 0.547. The quantitative estimate of drug-likeness (QED) is 0.719. The van der Waals surface area contributed by atoms with Crippen LogP contribution in [-0.4, -0.2) is 23.3 Å². The fraction of sp³-hybridized carbons (Fsp3) is 0.294. The number of esters is 1. The maximum atomic E-state index is 12.9. The van der Waals surface area contributed by atoms with Crippen LogP contribution in [0.25, 0.3) is 0 Å². The average Bonchev–Trinajstić information content (AvgIpc) is 3.05. The Labute approximate surface area is 142 Å². The lowest BCUT2D eigenvalue weighted by atomic mass is 9.99. The molecule has 0 N–H and O–H groups in total. The molecule has 124 valence electrons. The number of aromatic nitrogens is 1. The number of hydrogen-bond donors (Lipinski definition) is 0.